The number of methoxy groups -OCH3 is 1. The molecule has 2 aromatic rings. The van der Waals surface area contributed by atoms with Crippen LogP contribution in [0.2, 0.25) is 0 Å². The summed E-state index contributed by atoms with van der Waals surface area (Å²) >= 11 is 0. The van der Waals surface area contributed by atoms with Gasteiger partial charge in [0.1, 0.15) is 5.82 Å². The molecular weight excluding hydrogens is 422 g/mol. The van der Waals surface area contributed by atoms with Crippen molar-refractivity contribution in [2.75, 3.05) is 38.6 Å². The highest BCUT2D eigenvalue weighted by Crippen LogP contribution is 2.29. The number of pyridine rings is 2. The average Bonchev–Trinajstić information content (AvgIpc) is 3.59. The van der Waals surface area contributed by atoms with Gasteiger partial charge in [0.05, 0.1) is 19.6 Å². The van der Waals surface area contributed by atoms with Crippen LogP contribution in [-0.4, -0.2) is 70.2 Å². The summed E-state index contributed by atoms with van der Waals surface area (Å²) in [7, 11) is 1.52. The van der Waals surface area contributed by atoms with E-state index in [1.807, 2.05) is 18.2 Å². The first-order valence-corrected chi connectivity index (χ1v) is 11.5. The van der Waals surface area contributed by atoms with Gasteiger partial charge in [-0.3, -0.25) is 4.79 Å². The highest BCUT2D eigenvalue weighted by molar-refractivity contribution is 5.78. The SMILES string of the molecule is COc1ccc([C@@H](CC(=O)O)N2CCN(CCCc3cccc(NCC4CC4)n3)C2=O)cn1. The number of rotatable bonds is 12. The molecule has 176 valence electrons. The van der Waals surface area contributed by atoms with Crippen LogP contribution in [0.5, 0.6) is 5.88 Å². The number of hydrogen-bond donors (Lipinski definition) is 2. The van der Waals surface area contributed by atoms with Gasteiger partial charge in [0.2, 0.25) is 5.88 Å². The smallest absolute Gasteiger partial charge is 0.320 e. The quantitative estimate of drug-likeness (QED) is 0.508. The number of carboxylic acid groups (broad SMARTS) is 1. The van der Waals surface area contributed by atoms with E-state index >= 15 is 0 Å². The minimum absolute atomic E-state index is 0.134. The van der Waals surface area contributed by atoms with Gasteiger partial charge in [-0.05, 0) is 49.3 Å². The molecule has 4 rings (SSSR count). The second kappa shape index (κ2) is 10.5. The second-order valence-corrected chi connectivity index (χ2v) is 8.65. The number of aromatic nitrogens is 2. The predicted molar refractivity (Wildman–Crippen MR) is 123 cm³/mol. The van der Waals surface area contributed by atoms with Crippen LogP contribution < -0.4 is 10.1 Å². The Morgan fingerprint density at radius 3 is 2.82 bits per heavy atom. The molecule has 3 heterocycles. The van der Waals surface area contributed by atoms with Gasteiger partial charge in [0, 0.05) is 44.1 Å². The maximum Gasteiger partial charge on any atom is 0.320 e. The normalized spacial score (nSPS) is 16.7. The number of urea groups is 1. The summed E-state index contributed by atoms with van der Waals surface area (Å²) in [5, 5.41) is 12.8. The van der Waals surface area contributed by atoms with Gasteiger partial charge >= 0.3 is 12.0 Å². The molecule has 2 fully saturated rings. The fraction of sp³-hybridized carbons (Fsp3) is 0.500. The molecule has 33 heavy (non-hydrogen) atoms. The molecule has 0 spiro atoms. The molecule has 1 saturated carbocycles. The monoisotopic (exact) mass is 453 g/mol. The van der Waals surface area contributed by atoms with Crippen molar-refractivity contribution in [3.8, 4) is 5.88 Å². The van der Waals surface area contributed by atoms with Crippen molar-refractivity contribution in [3.05, 3.63) is 47.8 Å². The molecule has 2 amide bonds. The van der Waals surface area contributed by atoms with Crippen LogP contribution in [0.1, 0.15) is 43.0 Å². The zero-order valence-electron chi connectivity index (χ0n) is 18.9. The largest absolute Gasteiger partial charge is 0.481 e. The molecule has 2 aliphatic rings. The van der Waals surface area contributed by atoms with Crippen molar-refractivity contribution in [1.29, 1.82) is 0 Å². The van der Waals surface area contributed by atoms with Crippen LogP contribution in [0.15, 0.2) is 36.5 Å². The zero-order valence-corrected chi connectivity index (χ0v) is 18.9. The van der Waals surface area contributed by atoms with E-state index in [0.717, 1.165) is 36.8 Å². The third kappa shape index (κ3) is 6.12. The number of nitrogens with one attached hydrogen (secondary N) is 1. The highest BCUT2D eigenvalue weighted by atomic mass is 16.5. The summed E-state index contributed by atoms with van der Waals surface area (Å²) in [5.41, 5.74) is 1.69. The Bertz CT molecular complexity index is 964. The Hall–Kier alpha value is -3.36. The number of nitrogens with zero attached hydrogens (tertiary/aromatic N) is 4. The molecule has 9 nitrogen and oxygen atoms in total. The zero-order chi connectivity index (χ0) is 23.2. The van der Waals surface area contributed by atoms with Crippen molar-refractivity contribution in [3.63, 3.8) is 0 Å². The number of anilines is 1. The number of carbonyl (C=O) groups is 2. The Balaban J connectivity index is 1.32. The minimum Gasteiger partial charge on any atom is -0.481 e. The lowest BCUT2D eigenvalue weighted by atomic mass is 10.0. The van der Waals surface area contributed by atoms with Gasteiger partial charge in [-0.25, -0.2) is 14.8 Å². The third-order valence-electron chi connectivity index (χ3n) is 6.16. The molecule has 0 radical (unpaired) electrons. The van der Waals surface area contributed by atoms with Crippen molar-refractivity contribution in [1.82, 2.24) is 19.8 Å². The van der Waals surface area contributed by atoms with E-state index in [1.165, 1.54) is 20.0 Å². The molecule has 2 aromatic heterocycles. The molecule has 0 aromatic carbocycles. The maximum absolute atomic E-state index is 13.1. The van der Waals surface area contributed by atoms with Gasteiger partial charge in [-0.15, -0.1) is 0 Å². The van der Waals surface area contributed by atoms with Gasteiger partial charge in [0.15, 0.2) is 0 Å². The van der Waals surface area contributed by atoms with E-state index in [9.17, 15) is 14.7 Å². The van der Waals surface area contributed by atoms with Crippen molar-refractivity contribution < 1.29 is 19.4 Å². The Morgan fingerprint density at radius 2 is 2.12 bits per heavy atom. The van der Waals surface area contributed by atoms with Gasteiger partial charge in [0.25, 0.3) is 0 Å². The van der Waals surface area contributed by atoms with E-state index in [-0.39, 0.29) is 12.5 Å². The lowest BCUT2D eigenvalue weighted by Crippen LogP contribution is -2.36. The number of aryl methyl sites for hydroxylation is 1. The molecule has 1 atom stereocenters. The van der Waals surface area contributed by atoms with Crippen LogP contribution >= 0.6 is 0 Å². The summed E-state index contributed by atoms with van der Waals surface area (Å²) in [4.78, 5) is 36.8. The number of amides is 2. The van der Waals surface area contributed by atoms with Crippen LogP contribution in [0.3, 0.4) is 0 Å². The summed E-state index contributed by atoms with van der Waals surface area (Å²) < 4.78 is 5.08. The van der Waals surface area contributed by atoms with Gasteiger partial charge in [-0.2, -0.15) is 0 Å². The number of ether oxygens (including phenoxy) is 1. The molecular formula is C24H31N5O4. The predicted octanol–water partition coefficient (Wildman–Crippen LogP) is 3.19. The van der Waals surface area contributed by atoms with E-state index in [2.05, 4.69) is 15.3 Å². The number of carbonyl (C=O) groups excluding carboxylic acids is 1. The first kappa shape index (κ1) is 22.8. The second-order valence-electron chi connectivity index (χ2n) is 8.65. The molecule has 2 N–H and O–H groups in total. The first-order chi connectivity index (χ1) is 16.0. The van der Waals surface area contributed by atoms with E-state index in [0.29, 0.717) is 31.1 Å². The summed E-state index contributed by atoms with van der Waals surface area (Å²) in [5.74, 6) is 1.19. The number of aliphatic carboxylic acids is 1. The van der Waals surface area contributed by atoms with Gasteiger partial charge < -0.3 is 25.0 Å². The average molecular weight is 454 g/mol. The highest BCUT2D eigenvalue weighted by Gasteiger charge is 2.35. The summed E-state index contributed by atoms with van der Waals surface area (Å²) in [6, 6.07) is 8.78. The van der Waals surface area contributed by atoms with Crippen LogP contribution in [0.25, 0.3) is 0 Å². The maximum atomic E-state index is 13.1. The Labute approximate surface area is 193 Å². The molecule has 9 heteroatoms. The minimum atomic E-state index is -0.955. The molecule has 1 saturated heterocycles. The van der Waals surface area contributed by atoms with E-state index in [4.69, 9.17) is 4.74 Å². The molecule has 1 aliphatic heterocycles. The van der Waals surface area contributed by atoms with Crippen LogP contribution in [0.4, 0.5) is 10.6 Å². The molecule has 0 bridgehead atoms. The summed E-state index contributed by atoms with van der Waals surface area (Å²) in [6.07, 6.45) is 5.60. The lowest BCUT2D eigenvalue weighted by molar-refractivity contribution is -0.138. The van der Waals surface area contributed by atoms with Gasteiger partial charge in [-0.1, -0.05) is 12.1 Å². The number of hydrogen-bond acceptors (Lipinski definition) is 6. The number of carboxylic acids is 1. The lowest BCUT2D eigenvalue weighted by Gasteiger charge is -2.27. The van der Waals surface area contributed by atoms with Crippen molar-refractivity contribution in [2.24, 2.45) is 5.92 Å². The summed E-state index contributed by atoms with van der Waals surface area (Å²) in [6.45, 7) is 2.66. The Kier molecular flexibility index (Phi) is 7.26. The van der Waals surface area contributed by atoms with E-state index < -0.39 is 12.0 Å². The first-order valence-electron chi connectivity index (χ1n) is 11.5. The fourth-order valence-corrected chi connectivity index (χ4v) is 4.12. The topological polar surface area (TPSA) is 108 Å². The van der Waals surface area contributed by atoms with Crippen LogP contribution in [-0.2, 0) is 11.2 Å². The van der Waals surface area contributed by atoms with E-state index in [1.54, 1.807) is 28.1 Å². The fourth-order valence-electron chi connectivity index (χ4n) is 4.12. The van der Waals surface area contributed by atoms with Crippen molar-refractivity contribution in [2.45, 2.75) is 38.1 Å². The van der Waals surface area contributed by atoms with Crippen LogP contribution in [0, 0.1) is 5.92 Å². The molecule has 1 aliphatic carbocycles. The third-order valence-corrected chi connectivity index (χ3v) is 6.16. The molecule has 0 unspecified atom stereocenters. The Morgan fingerprint density at radius 1 is 1.27 bits per heavy atom. The standard InChI is InChI=1S/C24H31N5O4/c1-33-22-10-9-18(16-26-22)20(14-23(30)31)29-13-12-28(24(29)32)11-3-5-19-4-2-6-21(27-19)25-15-17-7-8-17/h2,4,6,9-10,16-17,20H,3,5,7-8,11-15H2,1H3,(H,25,27)(H,30,31)/t20-/m1/s1. The van der Waals surface area contributed by atoms with Crippen molar-refractivity contribution >= 4 is 17.8 Å².